The summed E-state index contributed by atoms with van der Waals surface area (Å²) in [4.78, 5) is 11.8. The number of hydrogen-bond acceptors (Lipinski definition) is 4. The third-order valence-electron chi connectivity index (χ3n) is 4.20. The Labute approximate surface area is 124 Å². The highest BCUT2D eigenvalue weighted by atomic mass is 35.5. The van der Waals surface area contributed by atoms with E-state index in [0.717, 1.165) is 25.7 Å². The molecule has 2 aliphatic rings. The predicted molar refractivity (Wildman–Crippen MR) is 76.5 cm³/mol. The highest BCUT2D eigenvalue weighted by Crippen LogP contribution is 2.45. The molecule has 0 aromatic heterocycles. The number of carbonyl (C=O) groups excluding carboxylic acids is 1. The van der Waals surface area contributed by atoms with Crippen LogP contribution in [0.15, 0.2) is 23.4 Å². The van der Waals surface area contributed by atoms with Gasteiger partial charge in [0.05, 0.1) is 13.2 Å². The van der Waals surface area contributed by atoms with Gasteiger partial charge < -0.3 is 14.6 Å². The summed E-state index contributed by atoms with van der Waals surface area (Å²) in [5.41, 5.74) is -0.669. The fourth-order valence-electron chi connectivity index (χ4n) is 3.18. The van der Waals surface area contributed by atoms with Crippen LogP contribution in [0.1, 0.15) is 38.5 Å². The summed E-state index contributed by atoms with van der Waals surface area (Å²) in [6, 6.07) is 0. The van der Waals surface area contributed by atoms with Gasteiger partial charge in [0, 0.05) is 12.8 Å². The summed E-state index contributed by atoms with van der Waals surface area (Å²) in [5, 5.41) is 9.75. The summed E-state index contributed by atoms with van der Waals surface area (Å²) < 4.78 is 11.1. The molecule has 112 valence electrons. The number of cyclic esters (lactones) is 1. The molecule has 0 bridgehead atoms. The average Bonchev–Trinajstić information content (AvgIpc) is 2.95. The lowest BCUT2D eigenvalue weighted by molar-refractivity contribution is -0.168. The Hall–Kier alpha value is -1.00. The van der Waals surface area contributed by atoms with Gasteiger partial charge in [0.2, 0.25) is 0 Å². The lowest BCUT2D eigenvalue weighted by atomic mass is 9.79. The second-order valence-corrected chi connectivity index (χ2v) is 5.86. The molecular formula is C15H21ClO4. The van der Waals surface area contributed by atoms with Gasteiger partial charge in [-0.1, -0.05) is 30.5 Å². The van der Waals surface area contributed by atoms with Crippen molar-refractivity contribution in [2.24, 2.45) is 5.92 Å². The van der Waals surface area contributed by atoms with E-state index in [1.807, 2.05) is 0 Å². The summed E-state index contributed by atoms with van der Waals surface area (Å²) in [6.45, 7) is 4.54. The Morgan fingerprint density at radius 3 is 2.80 bits per heavy atom. The van der Waals surface area contributed by atoms with E-state index in [1.165, 1.54) is 0 Å². The number of ether oxygens (including phenoxy) is 2. The van der Waals surface area contributed by atoms with Gasteiger partial charge in [0.25, 0.3) is 0 Å². The van der Waals surface area contributed by atoms with Gasteiger partial charge in [-0.05, 0) is 18.8 Å². The third-order valence-corrected chi connectivity index (χ3v) is 4.57. The summed E-state index contributed by atoms with van der Waals surface area (Å²) >= 11 is 5.75. The van der Waals surface area contributed by atoms with Gasteiger partial charge in [0.1, 0.15) is 11.4 Å². The molecule has 5 heteroatoms. The molecule has 1 aliphatic carbocycles. The van der Waals surface area contributed by atoms with Crippen molar-refractivity contribution in [2.75, 3.05) is 13.2 Å². The Kier molecular flexibility index (Phi) is 5.11. The lowest BCUT2D eigenvalue weighted by Crippen LogP contribution is -2.46. The monoisotopic (exact) mass is 300 g/mol. The minimum Gasteiger partial charge on any atom is -0.510 e. The fourth-order valence-corrected chi connectivity index (χ4v) is 3.28. The van der Waals surface area contributed by atoms with Gasteiger partial charge in [0.15, 0.2) is 5.03 Å². The fraction of sp³-hybridized carbons (Fsp3) is 0.667. The normalized spacial score (nSPS) is 27.8. The first kappa shape index (κ1) is 15.4. The van der Waals surface area contributed by atoms with E-state index < -0.39 is 11.6 Å². The van der Waals surface area contributed by atoms with E-state index in [9.17, 15) is 9.90 Å². The number of hydrogen-bond donors (Lipinski definition) is 1. The number of esters is 1. The molecule has 0 aromatic rings. The molecule has 1 N–H and O–H groups in total. The Bertz CT molecular complexity index is 412. The quantitative estimate of drug-likeness (QED) is 0.464. The molecule has 1 saturated carbocycles. The SMILES string of the molecule is C=CCOCCC1(C2CCCC2)CC(O)=C(Cl)C(=O)O1. The number of aliphatic hydroxyl groups excluding tert-OH is 1. The van der Waals surface area contributed by atoms with Crippen molar-refractivity contribution >= 4 is 17.6 Å². The molecule has 0 radical (unpaired) electrons. The van der Waals surface area contributed by atoms with Crippen molar-refractivity contribution in [3.05, 3.63) is 23.4 Å². The molecule has 20 heavy (non-hydrogen) atoms. The maximum atomic E-state index is 11.8. The summed E-state index contributed by atoms with van der Waals surface area (Å²) in [5.74, 6) is -0.407. The zero-order valence-electron chi connectivity index (χ0n) is 11.6. The largest absolute Gasteiger partial charge is 0.510 e. The number of rotatable bonds is 6. The molecule has 1 atom stereocenters. The van der Waals surface area contributed by atoms with Gasteiger partial charge in [-0.25, -0.2) is 4.79 Å². The van der Waals surface area contributed by atoms with Gasteiger partial charge >= 0.3 is 5.97 Å². The molecule has 0 amide bonds. The highest BCUT2D eigenvalue weighted by molar-refractivity contribution is 6.41. The topological polar surface area (TPSA) is 55.8 Å². The van der Waals surface area contributed by atoms with Crippen LogP contribution in [-0.4, -0.2) is 29.9 Å². The Balaban J connectivity index is 2.12. The van der Waals surface area contributed by atoms with Crippen LogP contribution in [0.25, 0.3) is 0 Å². The van der Waals surface area contributed by atoms with Crippen molar-refractivity contribution in [1.29, 1.82) is 0 Å². The van der Waals surface area contributed by atoms with Crippen LogP contribution in [-0.2, 0) is 14.3 Å². The van der Waals surface area contributed by atoms with Crippen molar-refractivity contribution in [1.82, 2.24) is 0 Å². The Morgan fingerprint density at radius 1 is 1.50 bits per heavy atom. The van der Waals surface area contributed by atoms with Crippen LogP contribution in [0, 0.1) is 5.92 Å². The van der Waals surface area contributed by atoms with Gasteiger partial charge in [-0.2, -0.15) is 0 Å². The van der Waals surface area contributed by atoms with Crippen LogP contribution >= 0.6 is 11.6 Å². The molecule has 4 nitrogen and oxygen atoms in total. The first-order valence-electron chi connectivity index (χ1n) is 7.08. The highest BCUT2D eigenvalue weighted by Gasteiger charge is 2.47. The molecule has 1 aliphatic heterocycles. The van der Waals surface area contributed by atoms with E-state index in [0.29, 0.717) is 26.1 Å². The molecule has 1 unspecified atom stereocenters. The third kappa shape index (κ3) is 3.18. The summed E-state index contributed by atoms with van der Waals surface area (Å²) in [6.07, 6.45) is 6.85. The average molecular weight is 301 g/mol. The first-order valence-corrected chi connectivity index (χ1v) is 7.46. The molecule has 1 heterocycles. The van der Waals surface area contributed by atoms with Crippen molar-refractivity contribution in [3.63, 3.8) is 0 Å². The molecule has 0 saturated heterocycles. The molecule has 2 rings (SSSR count). The van der Waals surface area contributed by atoms with Crippen molar-refractivity contribution in [2.45, 2.75) is 44.1 Å². The molecular weight excluding hydrogens is 280 g/mol. The standard InChI is InChI=1S/C15H21ClO4/c1-2-8-19-9-7-15(11-5-3-4-6-11)10-12(17)13(16)14(18)20-15/h2,11,17H,1,3-10H2. The van der Waals surface area contributed by atoms with Crippen molar-refractivity contribution < 1.29 is 19.4 Å². The number of aliphatic hydroxyl groups is 1. The molecule has 0 aromatic carbocycles. The van der Waals surface area contributed by atoms with Crippen LogP contribution in [0.3, 0.4) is 0 Å². The van der Waals surface area contributed by atoms with Crippen molar-refractivity contribution in [3.8, 4) is 0 Å². The minimum absolute atomic E-state index is 0.0569. The van der Waals surface area contributed by atoms with E-state index in [-0.39, 0.29) is 16.7 Å². The summed E-state index contributed by atoms with van der Waals surface area (Å²) in [7, 11) is 0. The van der Waals surface area contributed by atoms with Gasteiger partial charge in [-0.3, -0.25) is 0 Å². The zero-order valence-corrected chi connectivity index (χ0v) is 12.3. The van der Waals surface area contributed by atoms with Crippen LogP contribution in [0.2, 0.25) is 0 Å². The van der Waals surface area contributed by atoms with Crippen LogP contribution in [0.5, 0.6) is 0 Å². The van der Waals surface area contributed by atoms with E-state index in [1.54, 1.807) is 6.08 Å². The predicted octanol–water partition coefficient (Wildman–Crippen LogP) is 3.46. The smallest absolute Gasteiger partial charge is 0.353 e. The second-order valence-electron chi connectivity index (χ2n) is 5.49. The minimum atomic E-state index is -0.669. The van der Waals surface area contributed by atoms with E-state index >= 15 is 0 Å². The lowest BCUT2D eigenvalue weighted by Gasteiger charge is -2.40. The van der Waals surface area contributed by atoms with Crippen LogP contribution in [0.4, 0.5) is 0 Å². The molecule has 1 fully saturated rings. The number of carbonyl (C=O) groups is 1. The maximum absolute atomic E-state index is 11.8. The van der Waals surface area contributed by atoms with E-state index in [2.05, 4.69) is 6.58 Å². The zero-order chi connectivity index (χ0) is 14.6. The van der Waals surface area contributed by atoms with Crippen LogP contribution < -0.4 is 0 Å². The maximum Gasteiger partial charge on any atom is 0.353 e. The number of halogens is 1. The van der Waals surface area contributed by atoms with Gasteiger partial charge in [-0.15, -0.1) is 6.58 Å². The first-order chi connectivity index (χ1) is 9.59. The molecule has 0 spiro atoms. The Morgan fingerprint density at radius 2 is 2.20 bits per heavy atom. The second kappa shape index (κ2) is 6.64. The van der Waals surface area contributed by atoms with E-state index in [4.69, 9.17) is 21.1 Å².